The Morgan fingerprint density at radius 1 is 0.935 bits per heavy atom. The summed E-state index contributed by atoms with van der Waals surface area (Å²) in [5, 5.41) is 0. The minimum Gasteiger partial charge on any atom is -0.405 e. The van der Waals surface area contributed by atoms with E-state index in [1.165, 1.54) is 48.9 Å². The summed E-state index contributed by atoms with van der Waals surface area (Å²) in [6, 6.07) is 17.8. The van der Waals surface area contributed by atoms with Gasteiger partial charge < -0.3 is 9.30 Å². The molecular weight excluding hydrogens is 412 g/mol. The number of imidazole rings is 1. The summed E-state index contributed by atoms with van der Waals surface area (Å²) in [6.45, 7) is 0. The number of aromatic nitrogens is 2. The number of halogens is 4. The minimum atomic E-state index is -4.82. The number of para-hydroxylation sites is 1. The molecule has 1 heterocycles. The third-order valence-electron chi connectivity index (χ3n) is 4.47. The smallest absolute Gasteiger partial charge is 0.405 e. The molecule has 1 aromatic heterocycles. The lowest BCUT2D eigenvalue weighted by Crippen LogP contribution is -2.17. The van der Waals surface area contributed by atoms with Crippen LogP contribution in [0.3, 0.4) is 0 Å². The molecule has 0 aliphatic carbocycles. The number of nitrogens with zero attached hydrogens (tertiary/aromatic N) is 2. The molecule has 0 aliphatic rings. The average Bonchev–Trinajstić information content (AvgIpc) is 3.23. The molecule has 0 atom stereocenters. The van der Waals surface area contributed by atoms with Crippen molar-refractivity contribution in [1.82, 2.24) is 9.55 Å². The van der Waals surface area contributed by atoms with E-state index in [0.29, 0.717) is 11.3 Å². The van der Waals surface area contributed by atoms with E-state index in [2.05, 4.69) is 9.72 Å². The SMILES string of the molecule is O=C(c1cccc(F)c1)c1cn(-c2cccc(-c3ccccc3OC(F)(F)F)c2)cn1. The van der Waals surface area contributed by atoms with Crippen LogP contribution in [0.15, 0.2) is 85.3 Å². The largest absolute Gasteiger partial charge is 0.573 e. The lowest BCUT2D eigenvalue weighted by atomic mass is 10.0. The fourth-order valence-corrected chi connectivity index (χ4v) is 3.11. The van der Waals surface area contributed by atoms with Gasteiger partial charge in [0.25, 0.3) is 0 Å². The Kier molecular flexibility index (Phi) is 5.29. The van der Waals surface area contributed by atoms with Crippen LogP contribution in [0, 0.1) is 5.82 Å². The Labute approximate surface area is 174 Å². The summed E-state index contributed by atoms with van der Waals surface area (Å²) in [4.78, 5) is 16.6. The maximum absolute atomic E-state index is 13.4. The highest BCUT2D eigenvalue weighted by Gasteiger charge is 2.32. The number of benzene rings is 3. The van der Waals surface area contributed by atoms with Crippen LogP contribution >= 0.6 is 0 Å². The summed E-state index contributed by atoms with van der Waals surface area (Å²) in [7, 11) is 0. The maximum Gasteiger partial charge on any atom is 0.573 e. The van der Waals surface area contributed by atoms with Crippen LogP contribution in [0.5, 0.6) is 5.75 Å². The van der Waals surface area contributed by atoms with E-state index in [0.717, 1.165) is 6.07 Å². The molecule has 4 rings (SSSR count). The normalized spacial score (nSPS) is 11.4. The highest BCUT2D eigenvalue weighted by Crippen LogP contribution is 2.34. The van der Waals surface area contributed by atoms with Crippen molar-refractivity contribution in [1.29, 1.82) is 0 Å². The molecule has 4 aromatic rings. The molecule has 4 nitrogen and oxygen atoms in total. The molecule has 0 radical (unpaired) electrons. The quantitative estimate of drug-likeness (QED) is 0.299. The number of alkyl halides is 3. The summed E-state index contributed by atoms with van der Waals surface area (Å²) in [5.41, 5.74) is 1.60. The second-order valence-corrected chi connectivity index (χ2v) is 6.60. The molecule has 156 valence electrons. The average molecular weight is 426 g/mol. The standard InChI is InChI=1S/C23H14F4N2O2/c24-17-7-3-6-16(11-17)22(30)20-13-29(14-28-20)18-8-4-5-15(12-18)19-9-1-2-10-21(19)31-23(25,26)27/h1-14H. The number of carbonyl (C=O) groups excluding carboxylic acids is 1. The first-order valence-electron chi connectivity index (χ1n) is 9.10. The van der Waals surface area contributed by atoms with Gasteiger partial charge in [0.05, 0.1) is 0 Å². The molecule has 0 spiro atoms. The van der Waals surface area contributed by atoms with E-state index in [1.807, 2.05) is 0 Å². The highest BCUT2D eigenvalue weighted by molar-refractivity contribution is 6.07. The van der Waals surface area contributed by atoms with Crippen molar-refractivity contribution in [2.75, 3.05) is 0 Å². The van der Waals surface area contributed by atoms with Crippen LogP contribution in [0.25, 0.3) is 16.8 Å². The van der Waals surface area contributed by atoms with E-state index >= 15 is 0 Å². The van der Waals surface area contributed by atoms with Crippen molar-refractivity contribution in [3.05, 3.63) is 102 Å². The molecule has 0 saturated carbocycles. The molecule has 0 amide bonds. The van der Waals surface area contributed by atoms with Gasteiger partial charge in [-0.25, -0.2) is 9.37 Å². The Hall–Kier alpha value is -3.94. The molecule has 0 unspecified atom stereocenters. The molecule has 0 N–H and O–H groups in total. The van der Waals surface area contributed by atoms with Crippen LogP contribution in [-0.2, 0) is 0 Å². The zero-order chi connectivity index (χ0) is 22.0. The topological polar surface area (TPSA) is 44.1 Å². The van der Waals surface area contributed by atoms with E-state index in [-0.39, 0.29) is 22.6 Å². The first kappa shape index (κ1) is 20.3. The predicted octanol–water partition coefficient (Wildman–Crippen LogP) is 5.81. The van der Waals surface area contributed by atoms with Crippen LogP contribution < -0.4 is 4.74 Å². The zero-order valence-corrected chi connectivity index (χ0v) is 15.8. The molecule has 3 aromatic carbocycles. The summed E-state index contributed by atoms with van der Waals surface area (Å²) < 4.78 is 57.3. The van der Waals surface area contributed by atoms with Gasteiger partial charge in [-0.1, -0.05) is 42.5 Å². The van der Waals surface area contributed by atoms with Gasteiger partial charge in [-0.3, -0.25) is 4.79 Å². The first-order chi connectivity index (χ1) is 14.8. The van der Waals surface area contributed by atoms with E-state index < -0.39 is 18.0 Å². The maximum atomic E-state index is 13.4. The lowest BCUT2D eigenvalue weighted by molar-refractivity contribution is -0.274. The van der Waals surface area contributed by atoms with Crippen molar-refractivity contribution in [2.24, 2.45) is 0 Å². The molecule has 31 heavy (non-hydrogen) atoms. The molecular formula is C23H14F4N2O2. The molecule has 0 saturated heterocycles. The molecule has 0 bridgehead atoms. The van der Waals surface area contributed by atoms with Crippen LogP contribution in [0.1, 0.15) is 16.1 Å². The summed E-state index contributed by atoms with van der Waals surface area (Å²) in [6.07, 6.45) is -1.93. The minimum absolute atomic E-state index is 0.108. The second kappa shape index (κ2) is 8.06. The third kappa shape index (κ3) is 4.63. The van der Waals surface area contributed by atoms with E-state index in [9.17, 15) is 22.4 Å². The van der Waals surface area contributed by atoms with Gasteiger partial charge in [-0.15, -0.1) is 13.2 Å². The lowest BCUT2D eigenvalue weighted by Gasteiger charge is -2.14. The van der Waals surface area contributed by atoms with Crippen molar-refractivity contribution >= 4 is 5.78 Å². The predicted molar refractivity (Wildman–Crippen MR) is 106 cm³/mol. The van der Waals surface area contributed by atoms with Crippen LogP contribution in [0.4, 0.5) is 17.6 Å². The molecule has 0 aliphatic heterocycles. The van der Waals surface area contributed by atoms with Crippen molar-refractivity contribution in [2.45, 2.75) is 6.36 Å². The van der Waals surface area contributed by atoms with Crippen LogP contribution in [0.2, 0.25) is 0 Å². The first-order valence-corrected chi connectivity index (χ1v) is 9.10. The fraction of sp³-hybridized carbons (Fsp3) is 0.0435. The number of hydrogen-bond donors (Lipinski definition) is 0. The number of carbonyl (C=O) groups is 1. The Bertz CT molecular complexity index is 1250. The van der Waals surface area contributed by atoms with Gasteiger partial charge in [-0.2, -0.15) is 0 Å². The van der Waals surface area contributed by atoms with Crippen molar-refractivity contribution in [3.8, 4) is 22.6 Å². The molecule has 8 heteroatoms. The van der Waals surface area contributed by atoms with Gasteiger partial charge in [-0.05, 0) is 35.9 Å². The third-order valence-corrected chi connectivity index (χ3v) is 4.47. The summed E-state index contributed by atoms with van der Waals surface area (Å²) >= 11 is 0. The van der Waals surface area contributed by atoms with Gasteiger partial charge in [0, 0.05) is 23.0 Å². The van der Waals surface area contributed by atoms with E-state index in [4.69, 9.17) is 0 Å². The zero-order valence-electron chi connectivity index (χ0n) is 15.8. The van der Waals surface area contributed by atoms with Crippen LogP contribution in [-0.4, -0.2) is 21.7 Å². The Morgan fingerprint density at radius 3 is 2.48 bits per heavy atom. The fourth-order valence-electron chi connectivity index (χ4n) is 3.11. The Morgan fingerprint density at radius 2 is 1.71 bits per heavy atom. The monoisotopic (exact) mass is 426 g/mol. The highest BCUT2D eigenvalue weighted by atomic mass is 19.4. The van der Waals surface area contributed by atoms with Crippen molar-refractivity contribution < 1.29 is 27.1 Å². The number of rotatable bonds is 5. The number of ether oxygens (including phenoxy) is 1. The Balaban J connectivity index is 1.66. The van der Waals surface area contributed by atoms with Gasteiger partial charge in [0.2, 0.25) is 5.78 Å². The van der Waals surface area contributed by atoms with E-state index in [1.54, 1.807) is 34.9 Å². The number of ketones is 1. The number of hydrogen-bond acceptors (Lipinski definition) is 3. The molecule has 0 fully saturated rings. The van der Waals surface area contributed by atoms with Gasteiger partial charge in [0.1, 0.15) is 23.6 Å². The van der Waals surface area contributed by atoms with Gasteiger partial charge >= 0.3 is 6.36 Å². The second-order valence-electron chi connectivity index (χ2n) is 6.60. The van der Waals surface area contributed by atoms with Crippen molar-refractivity contribution in [3.63, 3.8) is 0 Å². The summed E-state index contributed by atoms with van der Waals surface area (Å²) in [5.74, 6) is -1.30. The van der Waals surface area contributed by atoms with Gasteiger partial charge in [0.15, 0.2) is 0 Å².